The largest absolute Gasteiger partial charge is 0.468 e. The molecule has 1 aromatic carbocycles. The Bertz CT molecular complexity index is 849. The van der Waals surface area contributed by atoms with Gasteiger partial charge < -0.3 is 15.4 Å². The molecule has 1 fully saturated rings. The molecule has 7 nitrogen and oxygen atoms in total. The minimum atomic E-state index is -0.188. The quantitative estimate of drug-likeness (QED) is 0.590. The van der Waals surface area contributed by atoms with Crippen molar-refractivity contribution in [2.45, 2.75) is 25.3 Å². The van der Waals surface area contributed by atoms with Gasteiger partial charge in [-0.3, -0.25) is 9.69 Å². The molecule has 0 bridgehead atoms. The van der Waals surface area contributed by atoms with Crippen molar-refractivity contribution < 1.29 is 9.53 Å². The minimum Gasteiger partial charge on any atom is -0.468 e. The van der Waals surface area contributed by atoms with Gasteiger partial charge in [-0.1, -0.05) is 12.0 Å². The number of likely N-dealkylation sites (tertiary alicyclic amines) is 1. The molecular weight excluding hydrogens is 354 g/mol. The summed E-state index contributed by atoms with van der Waals surface area (Å²) in [5.41, 5.74) is 1.69. The van der Waals surface area contributed by atoms with Crippen LogP contribution >= 0.6 is 0 Å². The van der Waals surface area contributed by atoms with Crippen LogP contribution in [0.2, 0.25) is 0 Å². The zero-order valence-corrected chi connectivity index (χ0v) is 16.0. The molecule has 1 saturated heterocycles. The summed E-state index contributed by atoms with van der Waals surface area (Å²) in [7, 11) is 1.42. The number of aromatic nitrogens is 2. The van der Waals surface area contributed by atoms with Crippen molar-refractivity contribution in [3.8, 4) is 12.3 Å². The second-order valence-electron chi connectivity index (χ2n) is 6.76. The van der Waals surface area contributed by atoms with Crippen LogP contribution in [0.15, 0.2) is 36.7 Å². The lowest BCUT2D eigenvalue weighted by Gasteiger charge is -2.19. The van der Waals surface area contributed by atoms with Crippen LogP contribution in [0, 0.1) is 12.3 Å². The molecule has 2 aromatic rings. The molecule has 0 radical (unpaired) electrons. The third-order valence-electron chi connectivity index (χ3n) is 4.72. The van der Waals surface area contributed by atoms with E-state index >= 15 is 0 Å². The Morgan fingerprint density at radius 3 is 2.96 bits per heavy atom. The highest BCUT2D eigenvalue weighted by Gasteiger charge is 2.19. The van der Waals surface area contributed by atoms with Crippen molar-refractivity contribution in [2.75, 3.05) is 37.4 Å². The lowest BCUT2D eigenvalue weighted by Crippen LogP contribution is -2.32. The molecule has 28 heavy (non-hydrogen) atoms. The van der Waals surface area contributed by atoms with Gasteiger partial charge in [-0.05, 0) is 44.0 Å². The van der Waals surface area contributed by atoms with Crippen LogP contribution in [-0.2, 0) is 9.53 Å². The summed E-state index contributed by atoms with van der Waals surface area (Å²) < 4.78 is 4.76. The van der Waals surface area contributed by atoms with Gasteiger partial charge in [-0.15, -0.1) is 6.42 Å². The van der Waals surface area contributed by atoms with Gasteiger partial charge in [0.05, 0.1) is 13.7 Å². The van der Waals surface area contributed by atoms with Crippen molar-refractivity contribution in [3.63, 3.8) is 0 Å². The van der Waals surface area contributed by atoms with E-state index in [1.165, 1.54) is 13.4 Å². The van der Waals surface area contributed by atoms with Crippen LogP contribution in [0.3, 0.4) is 0 Å². The van der Waals surface area contributed by atoms with Crippen LogP contribution in [0.25, 0.3) is 0 Å². The molecule has 1 atom stereocenters. The highest BCUT2D eigenvalue weighted by atomic mass is 16.5. The number of hydrogen-bond donors (Lipinski definition) is 2. The fourth-order valence-electron chi connectivity index (χ4n) is 3.25. The predicted molar refractivity (Wildman–Crippen MR) is 109 cm³/mol. The monoisotopic (exact) mass is 379 g/mol. The number of anilines is 3. The summed E-state index contributed by atoms with van der Waals surface area (Å²) in [5.74, 6) is 3.91. The maximum atomic E-state index is 11.5. The van der Waals surface area contributed by atoms with Crippen LogP contribution < -0.4 is 10.6 Å². The first-order valence-electron chi connectivity index (χ1n) is 9.37. The normalized spacial score (nSPS) is 17.2. The van der Waals surface area contributed by atoms with Gasteiger partial charge in [0.2, 0.25) is 0 Å². The number of benzene rings is 1. The molecule has 1 aliphatic heterocycles. The summed E-state index contributed by atoms with van der Waals surface area (Å²) >= 11 is 0. The van der Waals surface area contributed by atoms with E-state index in [0.29, 0.717) is 18.4 Å². The molecule has 0 spiro atoms. The molecule has 1 aromatic heterocycles. The summed E-state index contributed by atoms with van der Waals surface area (Å²) in [4.78, 5) is 22.2. The lowest BCUT2D eigenvalue weighted by molar-refractivity contribution is -0.141. The number of carbonyl (C=O) groups is 1. The van der Waals surface area contributed by atoms with Crippen molar-refractivity contribution >= 4 is 23.3 Å². The number of terminal acetylenes is 1. The summed E-state index contributed by atoms with van der Waals surface area (Å²) in [5, 5.41) is 6.75. The number of carbonyl (C=O) groups excluding carboxylic acids is 1. The van der Waals surface area contributed by atoms with E-state index in [-0.39, 0.29) is 5.97 Å². The average molecular weight is 379 g/mol. The van der Waals surface area contributed by atoms with E-state index < -0.39 is 0 Å². The average Bonchev–Trinajstić information content (AvgIpc) is 2.93. The Morgan fingerprint density at radius 1 is 1.29 bits per heavy atom. The molecule has 3 rings (SSSR count). The standard InChI is InChI=1S/C21H25N5O2/c1-3-16-6-4-7-18(12-16)25-20-13-19(22-15-23-20)24-17-8-5-10-26(11-9-17)14-21(27)28-2/h1,4,6-7,12-13,15,17H,5,8-11,14H2,2H3,(H2,22,23,24,25). The van der Waals surface area contributed by atoms with Gasteiger partial charge in [0, 0.05) is 29.9 Å². The van der Waals surface area contributed by atoms with Crippen molar-refractivity contribution in [2.24, 2.45) is 0 Å². The maximum absolute atomic E-state index is 11.5. The zero-order chi connectivity index (χ0) is 19.8. The molecule has 1 unspecified atom stereocenters. The zero-order valence-electron chi connectivity index (χ0n) is 16.0. The third kappa shape index (κ3) is 5.69. The van der Waals surface area contributed by atoms with Gasteiger partial charge in [0.15, 0.2) is 0 Å². The van der Waals surface area contributed by atoms with Crippen molar-refractivity contribution in [1.29, 1.82) is 0 Å². The molecular formula is C21H25N5O2. The van der Waals surface area contributed by atoms with E-state index in [1.54, 1.807) is 0 Å². The number of nitrogens with zero attached hydrogens (tertiary/aromatic N) is 3. The number of esters is 1. The topological polar surface area (TPSA) is 79.4 Å². The van der Waals surface area contributed by atoms with Crippen molar-refractivity contribution in [1.82, 2.24) is 14.9 Å². The van der Waals surface area contributed by atoms with Crippen LogP contribution in [0.4, 0.5) is 17.3 Å². The Morgan fingerprint density at radius 2 is 2.14 bits per heavy atom. The first-order valence-corrected chi connectivity index (χ1v) is 9.37. The second kappa shape index (κ2) is 9.72. The van der Waals surface area contributed by atoms with Gasteiger partial charge in [-0.25, -0.2) is 9.97 Å². The fraction of sp³-hybridized carbons (Fsp3) is 0.381. The highest BCUT2D eigenvalue weighted by Crippen LogP contribution is 2.20. The molecule has 2 heterocycles. The van der Waals surface area contributed by atoms with Gasteiger partial charge in [-0.2, -0.15) is 0 Å². The molecule has 1 aliphatic rings. The molecule has 2 N–H and O–H groups in total. The fourth-order valence-corrected chi connectivity index (χ4v) is 3.25. The molecule has 0 aliphatic carbocycles. The van der Waals surface area contributed by atoms with E-state index in [4.69, 9.17) is 11.2 Å². The Labute approximate surface area is 165 Å². The number of hydrogen-bond acceptors (Lipinski definition) is 7. The predicted octanol–water partition coefficient (Wildman–Crippen LogP) is 2.64. The SMILES string of the molecule is C#Cc1cccc(Nc2cc(NC3CCCN(CC(=O)OC)CC3)ncn2)c1. The Hall–Kier alpha value is -3.11. The van der Waals surface area contributed by atoms with Crippen LogP contribution in [0.5, 0.6) is 0 Å². The van der Waals surface area contributed by atoms with E-state index in [2.05, 4.69) is 31.4 Å². The van der Waals surface area contributed by atoms with Gasteiger partial charge in [0.1, 0.15) is 18.0 Å². The third-order valence-corrected chi connectivity index (χ3v) is 4.72. The lowest BCUT2D eigenvalue weighted by atomic mass is 10.1. The van der Waals surface area contributed by atoms with E-state index in [1.807, 2.05) is 30.3 Å². The Balaban J connectivity index is 1.58. The van der Waals surface area contributed by atoms with Crippen LogP contribution in [0.1, 0.15) is 24.8 Å². The maximum Gasteiger partial charge on any atom is 0.319 e. The highest BCUT2D eigenvalue weighted by molar-refractivity contribution is 5.71. The van der Waals surface area contributed by atoms with Crippen molar-refractivity contribution in [3.05, 3.63) is 42.2 Å². The second-order valence-corrected chi connectivity index (χ2v) is 6.76. The Kier molecular flexibility index (Phi) is 6.82. The molecule has 7 heteroatoms. The van der Waals surface area contributed by atoms with E-state index in [9.17, 15) is 4.79 Å². The van der Waals surface area contributed by atoms with Crippen LogP contribution in [-0.4, -0.2) is 53.6 Å². The summed E-state index contributed by atoms with van der Waals surface area (Å²) in [6, 6.07) is 9.82. The first kappa shape index (κ1) is 19.6. The van der Waals surface area contributed by atoms with Gasteiger partial charge >= 0.3 is 5.97 Å². The van der Waals surface area contributed by atoms with Gasteiger partial charge in [0.25, 0.3) is 0 Å². The first-order chi connectivity index (χ1) is 13.7. The number of rotatable bonds is 6. The van der Waals surface area contributed by atoms with E-state index in [0.717, 1.165) is 49.4 Å². The minimum absolute atomic E-state index is 0.188. The number of methoxy groups -OCH3 is 1. The summed E-state index contributed by atoms with van der Waals surface area (Å²) in [6.07, 6.45) is 9.97. The smallest absolute Gasteiger partial charge is 0.319 e. The number of nitrogens with one attached hydrogen (secondary N) is 2. The molecule has 0 saturated carbocycles. The number of ether oxygens (including phenoxy) is 1. The molecule has 0 amide bonds. The summed E-state index contributed by atoms with van der Waals surface area (Å²) in [6.45, 7) is 2.10. The molecule has 146 valence electrons.